The smallest absolute Gasteiger partial charge is 0.146 e. The van der Waals surface area contributed by atoms with Crippen molar-refractivity contribution >= 4 is 27.7 Å². The van der Waals surface area contributed by atoms with Gasteiger partial charge in [0.1, 0.15) is 36.0 Å². The Labute approximate surface area is 212 Å². The monoisotopic (exact) mass is 513 g/mol. The molecule has 1 atom stereocenters. The van der Waals surface area contributed by atoms with E-state index in [2.05, 4.69) is 19.4 Å². The number of anilines is 1. The zero-order chi connectivity index (χ0) is 24.6. The Morgan fingerprint density at radius 2 is 2.03 bits per heavy atom. The molecule has 0 unspecified atom stereocenters. The van der Waals surface area contributed by atoms with Crippen molar-refractivity contribution in [3.8, 4) is 16.9 Å². The second-order valence-electron chi connectivity index (χ2n) is 10.2. The molecule has 3 aromatic rings. The van der Waals surface area contributed by atoms with E-state index in [1.165, 1.54) is 18.5 Å². The van der Waals surface area contributed by atoms with E-state index in [9.17, 15) is 8.60 Å². The molecule has 6 rings (SSSR count). The van der Waals surface area contributed by atoms with Crippen LogP contribution in [0.3, 0.4) is 0 Å². The summed E-state index contributed by atoms with van der Waals surface area (Å²) in [6.45, 7) is 4.05. The van der Waals surface area contributed by atoms with Gasteiger partial charge < -0.3 is 24.7 Å². The number of halogens is 1. The molecule has 0 radical (unpaired) electrons. The third-order valence-electron chi connectivity index (χ3n) is 7.67. The number of fused-ring (bicyclic) bond motifs is 1. The lowest BCUT2D eigenvalue weighted by Gasteiger charge is -2.40. The Morgan fingerprint density at radius 1 is 1.19 bits per heavy atom. The van der Waals surface area contributed by atoms with Crippen LogP contribution >= 0.6 is 0 Å². The minimum atomic E-state index is -0.649. The second-order valence-corrected chi connectivity index (χ2v) is 11.9. The number of benzene rings is 1. The molecule has 10 heteroatoms. The molecule has 3 fully saturated rings. The predicted octanol–water partition coefficient (Wildman–Crippen LogP) is 3.39. The van der Waals surface area contributed by atoms with Crippen LogP contribution in [0.2, 0.25) is 0 Å². The molecule has 0 spiro atoms. The van der Waals surface area contributed by atoms with Crippen molar-refractivity contribution in [3.05, 3.63) is 36.5 Å². The highest BCUT2D eigenvalue weighted by molar-refractivity contribution is 7.85. The van der Waals surface area contributed by atoms with Crippen LogP contribution in [0.25, 0.3) is 22.2 Å². The van der Waals surface area contributed by atoms with Gasteiger partial charge in [0.05, 0.1) is 11.5 Å². The van der Waals surface area contributed by atoms with Gasteiger partial charge in [0.25, 0.3) is 0 Å². The van der Waals surface area contributed by atoms with Crippen LogP contribution < -0.4 is 10.5 Å². The molecule has 3 aliphatic rings. The SMILES string of the molecule is Nc1ncnc2c1c(-c1cc(F)cc(OC[C@H]3CCCO3)c1)cn2C1CC(CN2CCS(=O)CC2)C1. The number of ether oxygens (including phenoxy) is 2. The highest BCUT2D eigenvalue weighted by atomic mass is 32.2. The first-order valence-electron chi connectivity index (χ1n) is 12.8. The number of nitrogens with two attached hydrogens (primary N) is 1. The van der Waals surface area contributed by atoms with Gasteiger partial charge >= 0.3 is 0 Å². The Kier molecular flexibility index (Phi) is 6.66. The normalized spacial score (nSPS) is 25.3. The quantitative estimate of drug-likeness (QED) is 0.517. The molecular formula is C26H32FN5O3S. The number of nitrogen functional groups attached to an aromatic ring is 1. The van der Waals surface area contributed by atoms with Crippen molar-refractivity contribution < 1.29 is 18.1 Å². The lowest BCUT2D eigenvalue weighted by atomic mass is 9.79. The van der Waals surface area contributed by atoms with Gasteiger partial charge in [0.15, 0.2) is 0 Å². The second kappa shape index (κ2) is 10.1. The zero-order valence-electron chi connectivity index (χ0n) is 20.3. The molecule has 1 aromatic carbocycles. The summed E-state index contributed by atoms with van der Waals surface area (Å²) in [5.74, 6) is 2.67. The topological polar surface area (TPSA) is 95.5 Å². The van der Waals surface area contributed by atoms with Gasteiger partial charge in [-0.25, -0.2) is 14.4 Å². The lowest BCUT2D eigenvalue weighted by Crippen LogP contribution is -2.43. The standard InChI is InChI=1S/C26H32FN5O3S/c27-19-10-18(11-22(12-19)35-15-21-2-1-5-34-21)23-14-32(26-24(23)25(28)29-16-30-26)20-8-17(9-20)13-31-3-6-36(33)7-4-31/h10-12,14,16-17,20-21H,1-9,13,15H2,(H2,28,29,30)/t17?,20?,21-/m1/s1. The summed E-state index contributed by atoms with van der Waals surface area (Å²) in [7, 11) is -0.649. The third kappa shape index (κ3) is 4.86. The summed E-state index contributed by atoms with van der Waals surface area (Å²) in [6.07, 6.45) is 7.67. The average Bonchev–Trinajstić information content (AvgIpc) is 3.50. The van der Waals surface area contributed by atoms with E-state index in [4.69, 9.17) is 15.2 Å². The maximum absolute atomic E-state index is 14.7. The number of hydrogen-bond donors (Lipinski definition) is 1. The zero-order valence-corrected chi connectivity index (χ0v) is 21.1. The van der Waals surface area contributed by atoms with Gasteiger partial charge in [-0.1, -0.05) is 0 Å². The first-order chi connectivity index (χ1) is 17.5. The van der Waals surface area contributed by atoms with E-state index < -0.39 is 10.8 Å². The average molecular weight is 514 g/mol. The van der Waals surface area contributed by atoms with E-state index in [0.29, 0.717) is 35.7 Å². The minimum Gasteiger partial charge on any atom is -0.491 e. The number of rotatable bonds is 7. The van der Waals surface area contributed by atoms with Gasteiger partial charge in [0.2, 0.25) is 0 Å². The van der Waals surface area contributed by atoms with Crippen LogP contribution in [0.15, 0.2) is 30.7 Å². The Hall–Kier alpha value is -2.56. The molecule has 2 N–H and O–H groups in total. The number of aromatic nitrogens is 3. The van der Waals surface area contributed by atoms with Gasteiger partial charge in [0, 0.05) is 72.4 Å². The Morgan fingerprint density at radius 3 is 2.81 bits per heavy atom. The van der Waals surface area contributed by atoms with Crippen LogP contribution in [0.1, 0.15) is 31.7 Å². The lowest BCUT2D eigenvalue weighted by molar-refractivity contribution is 0.0678. The van der Waals surface area contributed by atoms with Gasteiger partial charge in [-0.3, -0.25) is 4.21 Å². The fourth-order valence-corrected chi connectivity index (χ4v) is 6.80. The highest BCUT2D eigenvalue weighted by Crippen LogP contribution is 2.43. The molecule has 2 saturated heterocycles. The molecule has 0 amide bonds. The van der Waals surface area contributed by atoms with Crippen molar-refractivity contribution in [1.82, 2.24) is 19.4 Å². The van der Waals surface area contributed by atoms with Gasteiger partial charge in [-0.2, -0.15) is 0 Å². The molecule has 2 aromatic heterocycles. The summed E-state index contributed by atoms with van der Waals surface area (Å²) in [6, 6.07) is 5.08. The predicted molar refractivity (Wildman–Crippen MR) is 138 cm³/mol. The maximum Gasteiger partial charge on any atom is 0.146 e. The molecule has 8 nitrogen and oxygen atoms in total. The summed E-state index contributed by atoms with van der Waals surface area (Å²) in [5.41, 5.74) is 8.59. The molecular weight excluding hydrogens is 481 g/mol. The maximum atomic E-state index is 14.7. The van der Waals surface area contributed by atoms with Crippen molar-refractivity contribution in [1.29, 1.82) is 0 Å². The molecule has 192 valence electrons. The van der Waals surface area contributed by atoms with Gasteiger partial charge in [-0.05, 0) is 49.3 Å². The van der Waals surface area contributed by atoms with Crippen molar-refractivity contribution in [3.63, 3.8) is 0 Å². The third-order valence-corrected chi connectivity index (χ3v) is 8.95. The summed E-state index contributed by atoms with van der Waals surface area (Å²) < 4.78 is 40.0. The minimum absolute atomic E-state index is 0.0568. The fourth-order valence-electron chi connectivity index (χ4n) is 5.67. The summed E-state index contributed by atoms with van der Waals surface area (Å²) >= 11 is 0. The van der Waals surface area contributed by atoms with E-state index in [-0.39, 0.29) is 11.9 Å². The molecule has 1 aliphatic carbocycles. The first-order valence-corrected chi connectivity index (χ1v) is 14.3. The summed E-state index contributed by atoms with van der Waals surface area (Å²) in [4.78, 5) is 11.2. The van der Waals surface area contributed by atoms with Crippen LogP contribution in [-0.4, -0.2) is 74.1 Å². The molecule has 4 heterocycles. The summed E-state index contributed by atoms with van der Waals surface area (Å²) in [5, 5.41) is 0.745. The number of hydrogen-bond acceptors (Lipinski definition) is 7. The largest absolute Gasteiger partial charge is 0.491 e. The fraction of sp³-hybridized carbons (Fsp3) is 0.538. The van der Waals surface area contributed by atoms with E-state index >= 15 is 0 Å². The van der Waals surface area contributed by atoms with Crippen molar-refractivity contribution in [2.75, 3.05) is 50.1 Å². The molecule has 36 heavy (non-hydrogen) atoms. The van der Waals surface area contributed by atoms with E-state index in [1.807, 2.05) is 12.3 Å². The Bertz CT molecular complexity index is 1260. The van der Waals surface area contributed by atoms with Crippen LogP contribution in [0.4, 0.5) is 10.2 Å². The molecule has 0 bridgehead atoms. The van der Waals surface area contributed by atoms with Crippen LogP contribution in [0, 0.1) is 11.7 Å². The highest BCUT2D eigenvalue weighted by Gasteiger charge is 2.34. The van der Waals surface area contributed by atoms with Crippen LogP contribution in [0.5, 0.6) is 5.75 Å². The molecule has 1 saturated carbocycles. The number of nitrogens with zero attached hydrogens (tertiary/aromatic N) is 4. The van der Waals surface area contributed by atoms with Crippen LogP contribution in [-0.2, 0) is 15.5 Å². The van der Waals surface area contributed by atoms with Crippen molar-refractivity contribution in [2.24, 2.45) is 5.92 Å². The van der Waals surface area contributed by atoms with Crippen molar-refractivity contribution in [2.45, 2.75) is 37.8 Å². The van der Waals surface area contributed by atoms with E-state index in [1.54, 1.807) is 0 Å². The first kappa shape index (κ1) is 23.8. The van der Waals surface area contributed by atoms with Gasteiger partial charge in [-0.15, -0.1) is 0 Å². The van der Waals surface area contributed by atoms with E-state index in [0.717, 1.165) is 80.0 Å². The Balaban J connectivity index is 1.23. The molecule has 2 aliphatic heterocycles.